The van der Waals surface area contributed by atoms with Gasteiger partial charge in [-0.1, -0.05) is 31.5 Å². The van der Waals surface area contributed by atoms with Crippen molar-refractivity contribution < 1.29 is 0 Å². The van der Waals surface area contributed by atoms with Gasteiger partial charge in [0.15, 0.2) is 0 Å². The van der Waals surface area contributed by atoms with E-state index in [1.807, 2.05) is 18.7 Å². The van der Waals surface area contributed by atoms with Crippen molar-refractivity contribution in [2.24, 2.45) is 11.7 Å². The molecule has 2 N–H and O–H groups in total. The highest BCUT2D eigenvalue weighted by molar-refractivity contribution is 7.99. The molecule has 0 spiro atoms. The molecule has 17 heavy (non-hydrogen) atoms. The van der Waals surface area contributed by atoms with E-state index in [0.717, 1.165) is 28.7 Å². The summed E-state index contributed by atoms with van der Waals surface area (Å²) >= 11 is 8.12. The van der Waals surface area contributed by atoms with Crippen molar-refractivity contribution in [3.63, 3.8) is 0 Å². The molecule has 0 saturated heterocycles. The lowest BCUT2D eigenvalue weighted by atomic mass is 10.1. The zero-order valence-electron chi connectivity index (χ0n) is 10.9. The quantitative estimate of drug-likeness (QED) is 0.778. The van der Waals surface area contributed by atoms with Gasteiger partial charge in [-0.25, -0.2) is 0 Å². The topological polar surface area (TPSA) is 26.0 Å². The Labute approximate surface area is 114 Å². The third kappa shape index (κ3) is 5.80. The number of nitrogens with two attached hydrogens (primary N) is 1. The van der Waals surface area contributed by atoms with Crippen molar-refractivity contribution in [1.82, 2.24) is 0 Å². The predicted molar refractivity (Wildman–Crippen MR) is 79.0 cm³/mol. The summed E-state index contributed by atoms with van der Waals surface area (Å²) in [5.74, 6) is 1.91. The minimum atomic E-state index is 0.159. The molecule has 1 aromatic carbocycles. The minimum Gasteiger partial charge on any atom is -0.328 e. The lowest BCUT2D eigenvalue weighted by Gasteiger charge is -2.09. The number of halogens is 1. The van der Waals surface area contributed by atoms with Crippen molar-refractivity contribution in [2.75, 3.05) is 5.75 Å². The number of thioether (sulfide) groups is 1. The van der Waals surface area contributed by atoms with Gasteiger partial charge in [0.25, 0.3) is 0 Å². The second kappa shape index (κ2) is 7.30. The maximum atomic E-state index is 6.25. The van der Waals surface area contributed by atoms with E-state index in [4.69, 9.17) is 17.3 Å². The van der Waals surface area contributed by atoms with E-state index in [9.17, 15) is 0 Å². The normalized spacial score (nSPS) is 13.1. The monoisotopic (exact) mass is 271 g/mol. The third-order valence-corrected chi connectivity index (χ3v) is 3.91. The Morgan fingerprint density at radius 2 is 2.00 bits per heavy atom. The molecule has 0 aliphatic heterocycles. The SMILES string of the molecule is CC(C)CCSc1ccc(CC(C)N)c(Cl)c1. The Hall–Kier alpha value is -0.180. The molecular weight excluding hydrogens is 250 g/mol. The van der Waals surface area contributed by atoms with Crippen LogP contribution in [-0.2, 0) is 6.42 Å². The van der Waals surface area contributed by atoms with Gasteiger partial charge >= 0.3 is 0 Å². The fraction of sp³-hybridized carbons (Fsp3) is 0.571. The summed E-state index contributed by atoms with van der Waals surface area (Å²) in [7, 11) is 0. The van der Waals surface area contributed by atoms with Gasteiger partial charge in [-0.05, 0) is 49.1 Å². The van der Waals surface area contributed by atoms with Gasteiger partial charge in [0, 0.05) is 16.0 Å². The molecule has 0 fully saturated rings. The molecule has 0 saturated carbocycles. The molecule has 0 aliphatic rings. The highest BCUT2D eigenvalue weighted by Gasteiger charge is 2.05. The van der Waals surface area contributed by atoms with Crippen LogP contribution in [0, 0.1) is 5.92 Å². The van der Waals surface area contributed by atoms with Gasteiger partial charge < -0.3 is 5.73 Å². The Kier molecular flexibility index (Phi) is 6.39. The lowest BCUT2D eigenvalue weighted by molar-refractivity contribution is 0.632. The van der Waals surface area contributed by atoms with Crippen molar-refractivity contribution >= 4 is 23.4 Å². The first-order chi connectivity index (χ1) is 7.99. The largest absolute Gasteiger partial charge is 0.328 e. The number of hydrogen-bond donors (Lipinski definition) is 1. The number of hydrogen-bond acceptors (Lipinski definition) is 2. The van der Waals surface area contributed by atoms with Gasteiger partial charge in [-0.3, -0.25) is 0 Å². The molecule has 0 amide bonds. The van der Waals surface area contributed by atoms with E-state index < -0.39 is 0 Å². The fourth-order valence-electron chi connectivity index (χ4n) is 1.54. The van der Waals surface area contributed by atoms with Gasteiger partial charge in [0.2, 0.25) is 0 Å². The molecule has 96 valence electrons. The van der Waals surface area contributed by atoms with Crippen LogP contribution in [0.25, 0.3) is 0 Å². The Bertz CT molecular complexity index is 350. The van der Waals surface area contributed by atoms with Crippen LogP contribution in [0.5, 0.6) is 0 Å². The second-order valence-corrected chi connectivity index (χ2v) is 6.54. The van der Waals surface area contributed by atoms with E-state index in [0.29, 0.717) is 0 Å². The maximum Gasteiger partial charge on any atom is 0.0449 e. The molecule has 1 rings (SSSR count). The van der Waals surface area contributed by atoms with Gasteiger partial charge in [-0.2, -0.15) is 0 Å². The van der Waals surface area contributed by atoms with Crippen LogP contribution in [0.1, 0.15) is 32.8 Å². The van der Waals surface area contributed by atoms with Crippen LogP contribution >= 0.6 is 23.4 Å². The average Bonchev–Trinajstić information content (AvgIpc) is 2.21. The predicted octanol–water partition coefficient (Wildman–Crippen LogP) is 4.37. The molecule has 1 atom stereocenters. The first-order valence-electron chi connectivity index (χ1n) is 6.16. The summed E-state index contributed by atoms with van der Waals surface area (Å²) in [6, 6.07) is 6.47. The summed E-state index contributed by atoms with van der Waals surface area (Å²) in [4.78, 5) is 1.25. The van der Waals surface area contributed by atoms with Gasteiger partial charge in [-0.15, -0.1) is 11.8 Å². The van der Waals surface area contributed by atoms with Crippen LogP contribution in [0.2, 0.25) is 5.02 Å². The molecule has 1 nitrogen and oxygen atoms in total. The molecule has 3 heteroatoms. The molecule has 0 radical (unpaired) electrons. The average molecular weight is 272 g/mol. The smallest absolute Gasteiger partial charge is 0.0449 e. The minimum absolute atomic E-state index is 0.159. The second-order valence-electron chi connectivity index (χ2n) is 4.97. The Morgan fingerprint density at radius 3 is 2.53 bits per heavy atom. The van der Waals surface area contributed by atoms with Crippen molar-refractivity contribution in [3.8, 4) is 0 Å². The van der Waals surface area contributed by atoms with Crippen LogP contribution in [0.15, 0.2) is 23.1 Å². The van der Waals surface area contributed by atoms with E-state index in [2.05, 4.69) is 32.0 Å². The first-order valence-corrected chi connectivity index (χ1v) is 7.52. The zero-order valence-corrected chi connectivity index (χ0v) is 12.4. The van der Waals surface area contributed by atoms with Crippen LogP contribution in [0.3, 0.4) is 0 Å². The molecule has 1 unspecified atom stereocenters. The summed E-state index contributed by atoms with van der Waals surface area (Å²) in [6.45, 7) is 6.50. The molecule has 0 aliphatic carbocycles. The van der Waals surface area contributed by atoms with Crippen LogP contribution in [-0.4, -0.2) is 11.8 Å². The molecule has 0 bridgehead atoms. The summed E-state index contributed by atoms with van der Waals surface area (Å²) in [5.41, 5.74) is 6.93. The Morgan fingerprint density at radius 1 is 1.29 bits per heavy atom. The highest BCUT2D eigenvalue weighted by Crippen LogP contribution is 2.26. The maximum absolute atomic E-state index is 6.25. The van der Waals surface area contributed by atoms with Crippen molar-refractivity contribution in [3.05, 3.63) is 28.8 Å². The fourth-order valence-corrected chi connectivity index (χ4v) is 3.06. The van der Waals surface area contributed by atoms with E-state index in [1.165, 1.54) is 11.3 Å². The lowest BCUT2D eigenvalue weighted by Crippen LogP contribution is -2.17. The van der Waals surface area contributed by atoms with Gasteiger partial charge in [0.1, 0.15) is 0 Å². The first kappa shape index (κ1) is 14.9. The van der Waals surface area contributed by atoms with Crippen molar-refractivity contribution in [1.29, 1.82) is 0 Å². The van der Waals surface area contributed by atoms with Crippen molar-refractivity contribution in [2.45, 2.75) is 44.6 Å². The molecular formula is C14H22ClNS. The number of rotatable bonds is 6. The van der Waals surface area contributed by atoms with E-state index in [-0.39, 0.29) is 6.04 Å². The van der Waals surface area contributed by atoms with E-state index >= 15 is 0 Å². The summed E-state index contributed by atoms with van der Waals surface area (Å²) in [6.07, 6.45) is 2.08. The van der Waals surface area contributed by atoms with Gasteiger partial charge in [0.05, 0.1) is 0 Å². The summed E-state index contributed by atoms with van der Waals surface area (Å²) < 4.78 is 0. The standard InChI is InChI=1S/C14H22ClNS/c1-10(2)6-7-17-13-5-4-12(8-11(3)16)14(15)9-13/h4-5,9-11H,6-8,16H2,1-3H3. The number of benzene rings is 1. The van der Waals surface area contributed by atoms with Crippen LogP contribution < -0.4 is 5.73 Å². The van der Waals surface area contributed by atoms with Crippen LogP contribution in [0.4, 0.5) is 0 Å². The highest BCUT2D eigenvalue weighted by atomic mass is 35.5. The molecule has 0 heterocycles. The van der Waals surface area contributed by atoms with E-state index in [1.54, 1.807) is 0 Å². The Balaban J connectivity index is 2.56. The summed E-state index contributed by atoms with van der Waals surface area (Å²) in [5, 5.41) is 0.844. The molecule has 0 aromatic heterocycles. The third-order valence-electron chi connectivity index (χ3n) is 2.53. The zero-order chi connectivity index (χ0) is 12.8. The molecule has 1 aromatic rings.